The minimum Gasteiger partial charge on any atom is -0.378 e. The SMILES string of the molecule is CN(C)c1ccc(CCNC(=O)c2ccc(=O)[nH]c2)cc1. The van der Waals surface area contributed by atoms with Crippen molar-refractivity contribution in [1.82, 2.24) is 10.3 Å². The van der Waals surface area contributed by atoms with Gasteiger partial charge < -0.3 is 15.2 Å². The van der Waals surface area contributed by atoms with Gasteiger partial charge in [0.05, 0.1) is 5.56 Å². The van der Waals surface area contributed by atoms with Crippen molar-refractivity contribution < 1.29 is 4.79 Å². The van der Waals surface area contributed by atoms with Crippen LogP contribution in [0.1, 0.15) is 15.9 Å². The molecule has 110 valence electrons. The summed E-state index contributed by atoms with van der Waals surface area (Å²) in [6.45, 7) is 0.555. The van der Waals surface area contributed by atoms with Gasteiger partial charge in [-0.25, -0.2) is 0 Å². The number of anilines is 1. The molecule has 0 atom stereocenters. The van der Waals surface area contributed by atoms with Crippen molar-refractivity contribution in [2.45, 2.75) is 6.42 Å². The van der Waals surface area contributed by atoms with Crippen molar-refractivity contribution in [2.24, 2.45) is 0 Å². The molecule has 0 saturated carbocycles. The average molecular weight is 285 g/mol. The predicted octanol–water partition coefficient (Wildman–Crippen LogP) is 1.41. The van der Waals surface area contributed by atoms with E-state index in [1.54, 1.807) is 0 Å². The molecule has 1 aromatic heterocycles. The zero-order valence-electron chi connectivity index (χ0n) is 12.2. The normalized spacial score (nSPS) is 10.2. The van der Waals surface area contributed by atoms with Gasteiger partial charge in [0.25, 0.3) is 5.91 Å². The van der Waals surface area contributed by atoms with Crippen LogP contribution in [-0.4, -0.2) is 31.5 Å². The predicted molar refractivity (Wildman–Crippen MR) is 83.9 cm³/mol. The lowest BCUT2D eigenvalue weighted by Crippen LogP contribution is -2.26. The third kappa shape index (κ3) is 4.21. The third-order valence-electron chi connectivity index (χ3n) is 3.20. The summed E-state index contributed by atoms with van der Waals surface area (Å²) in [5, 5.41) is 2.83. The molecule has 2 aromatic rings. The van der Waals surface area contributed by atoms with Crippen LogP contribution in [0.5, 0.6) is 0 Å². The first-order valence-electron chi connectivity index (χ1n) is 6.79. The van der Waals surface area contributed by atoms with E-state index in [1.807, 2.05) is 19.0 Å². The molecule has 5 nitrogen and oxygen atoms in total. The molecule has 0 fully saturated rings. The lowest BCUT2D eigenvalue weighted by molar-refractivity contribution is 0.0953. The Morgan fingerprint density at radius 1 is 1.14 bits per heavy atom. The summed E-state index contributed by atoms with van der Waals surface area (Å²) >= 11 is 0. The van der Waals surface area contributed by atoms with Crippen molar-refractivity contribution in [3.05, 3.63) is 64.1 Å². The van der Waals surface area contributed by atoms with Gasteiger partial charge in [0, 0.05) is 38.6 Å². The molecule has 0 spiro atoms. The maximum atomic E-state index is 11.8. The summed E-state index contributed by atoms with van der Waals surface area (Å²) in [5.41, 5.74) is 2.56. The number of nitrogens with zero attached hydrogens (tertiary/aromatic N) is 1. The Kier molecular flexibility index (Phi) is 4.77. The Morgan fingerprint density at radius 3 is 2.43 bits per heavy atom. The highest BCUT2D eigenvalue weighted by Gasteiger charge is 2.04. The van der Waals surface area contributed by atoms with Crippen LogP contribution in [-0.2, 0) is 6.42 Å². The van der Waals surface area contributed by atoms with Crippen LogP contribution in [0.4, 0.5) is 5.69 Å². The summed E-state index contributed by atoms with van der Waals surface area (Å²) in [6, 6.07) is 11.1. The maximum Gasteiger partial charge on any atom is 0.252 e. The van der Waals surface area contributed by atoms with Gasteiger partial charge >= 0.3 is 0 Å². The molecule has 0 radical (unpaired) electrons. The van der Waals surface area contributed by atoms with Gasteiger partial charge in [0.15, 0.2) is 0 Å². The first-order chi connectivity index (χ1) is 10.1. The van der Waals surface area contributed by atoms with Crippen molar-refractivity contribution >= 4 is 11.6 Å². The fraction of sp³-hybridized carbons (Fsp3) is 0.250. The van der Waals surface area contributed by atoms with Crippen LogP contribution in [0, 0.1) is 0 Å². The van der Waals surface area contributed by atoms with Crippen LogP contribution in [0.15, 0.2) is 47.4 Å². The number of pyridine rings is 1. The minimum absolute atomic E-state index is 0.184. The summed E-state index contributed by atoms with van der Waals surface area (Å²) in [4.78, 5) is 27.3. The van der Waals surface area contributed by atoms with Crippen LogP contribution in [0.2, 0.25) is 0 Å². The molecule has 2 rings (SSSR count). The Labute approximate surface area is 123 Å². The summed E-state index contributed by atoms with van der Waals surface area (Å²) in [5.74, 6) is -0.184. The molecule has 2 N–H and O–H groups in total. The molecule has 0 unspecified atom stereocenters. The Hall–Kier alpha value is -2.56. The van der Waals surface area contributed by atoms with E-state index in [9.17, 15) is 9.59 Å². The van der Waals surface area contributed by atoms with Crippen molar-refractivity contribution in [3.8, 4) is 0 Å². The second kappa shape index (κ2) is 6.74. The van der Waals surface area contributed by atoms with Crippen molar-refractivity contribution in [1.29, 1.82) is 0 Å². The highest BCUT2D eigenvalue weighted by atomic mass is 16.1. The maximum absolute atomic E-state index is 11.8. The molecule has 5 heteroatoms. The number of amides is 1. The smallest absolute Gasteiger partial charge is 0.252 e. The van der Waals surface area contributed by atoms with Gasteiger partial charge in [-0.05, 0) is 30.2 Å². The first kappa shape index (κ1) is 14.8. The number of hydrogen-bond acceptors (Lipinski definition) is 3. The lowest BCUT2D eigenvalue weighted by atomic mass is 10.1. The quantitative estimate of drug-likeness (QED) is 0.873. The highest BCUT2D eigenvalue weighted by molar-refractivity contribution is 5.93. The van der Waals surface area contributed by atoms with E-state index >= 15 is 0 Å². The van der Waals surface area contributed by atoms with Crippen LogP contribution < -0.4 is 15.8 Å². The molecule has 0 aliphatic carbocycles. The van der Waals surface area contributed by atoms with Crippen LogP contribution in [0.25, 0.3) is 0 Å². The van der Waals surface area contributed by atoms with Gasteiger partial charge in [-0.15, -0.1) is 0 Å². The molecule has 1 amide bonds. The van der Waals surface area contributed by atoms with Gasteiger partial charge in [-0.3, -0.25) is 9.59 Å². The number of benzene rings is 1. The molecule has 0 aliphatic heterocycles. The van der Waals surface area contributed by atoms with Crippen molar-refractivity contribution in [3.63, 3.8) is 0 Å². The zero-order valence-corrected chi connectivity index (χ0v) is 12.2. The Balaban J connectivity index is 1.85. The van der Waals surface area contributed by atoms with E-state index in [0.29, 0.717) is 12.1 Å². The van der Waals surface area contributed by atoms with Gasteiger partial charge in [-0.2, -0.15) is 0 Å². The Morgan fingerprint density at radius 2 is 1.86 bits per heavy atom. The molecule has 0 bridgehead atoms. The van der Waals surface area contributed by atoms with E-state index in [1.165, 1.54) is 23.9 Å². The van der Waals surface area contributed by atoms with Crippen LogP contribution >= 0.6 is 0 Å². The number of aromatic nitrogens is 1. The number of H-pyrrole nitrogens is 1. The van der Waals surface area contributed by atoms with Crippen molar-refractivity contribution in [2.75, 3.05) is 25.5 Å². The third-order valence-corrected chi connectivity index (χ3v) is 3.20. The Bertz CT molecular complexity index is 639. The largest absolute Gasteiger partial charge is 0.378 e. The summed E-state index contributed by atoms with van der Waals surface area (Å²) in [7, 11) is 4.00. The fourth-order valence-electron chi connectivity index (χ4n) is 1.93. The molecular weight excluding hydrogens is 266 g/mol. The number of rotatable bonds is 5. The van der Waals surface area contributed by atoms with E-state index in [-0.39, 0.29) is 11.5 Å². The van der Waals surface area contributed by atoms with Gasteiger partial charge in [0.1, 0.15) is 0 Å². The number of nitrogens with one attached hydrogen (secondary N) is 2. The number of aromatic amines is 1. The summed E-state index contributed by atoms with van der Waals surface area (Å²) in [6.07, 6.45) is 2.19. The zero-order chi connectivity index (χ0) is 15.2. The first-order valence-corrected chi connectivity index (χ1v) is 6.79. The molecule has 1 heterocycles. The molecule has 0 saturated heterocycles. The fourth-order valence-corrected chi connectivity index (χ4v) is 1.93. The number of carbonyl (C=O) groups is 1. The molecule has 1 aromatic carbocycles. The minimum atomic E-state index is -0.215. The molecule has 0 aliphatic rings. The topological polar surface area (TPSA) is 65.2 Å². The van der Waals surface area contributed by atoms with E-state index < -0.39 is 0 Å². The van der Waals surface area contributed by atoms with E-state index in [4.69, 9.17) is 0 Å². The van der Waals surface area contributed by atoms with E-state index in [0.717, 1.165) is 12.1 Å². The van der Waals surface area contributed by atoms with Gasteiger partial charge in [0.2, 0.25) is 5.56 Å². The second-order valence-electron chi connectivity index (χ2n) is 5.01. The second-order valence-corrected chi connectivity index (χ2v) is 5.01. The highest BCUT2D eigenvalue weighted by Crippen LogP contribution is 2.12. The lowest BCUT2D eigenvalue weighted by Gasteiger charge is -2.12. The van der Waals surface area contributed by atoms with E-state index in [2.05, 4.69) is 34.6 Å². The van der Waals surface area contributed by atoms with Gasteiger partial charge in [-0.1, -0.05) is 12.1 Å². The average Bonchev–Trinajstić information content (AvgIpc) is 2.48. The molecule has 21 heavy (non-hydrogen) atoms. The monoisotopic (exact) mass is 285 g/mol. The van der Waals surface area contributed by atoms with Crippen LogP contribution in [0.3, 0.4) is 0 Å². The standard InChI is InChI=1S/C16H19N3O2/c1-19(2)14-6-3-12(4-7-14)9-10-17-16(21)13-5-8-15(20)18-11-13/h3-8,11H,9-10H2,1-2H3,(H,17,21)(H,18,20). The molecular formula is C16H19N3O2. The number of hydrogen-bond donors (Lipinski definition) is 2. The number of carbonyl (C=O) groups excluding carboxylic acids is 1. The summed E-state index contributed by atoms with van der Waals surface area (Å²) < 4.78 is 0.